The Kier molecular flexibility index (Phi) is 6.80. The molecule has 0 aromatic heterocycles. The first-order valence-corrected chi connectivity index (χ1v) is 10.1. The summed E-state index contributed by atoms with van der Waals surface area (Å²) in [5.41, 5.74) is 2.05. The summed E-state index contributed by atoms with van der Waals surface area (Å²) in [7, 11) is 0. The average molecular weight is 398 g/mol. The Morgan fingerprint density at radius 3 is 2.38 bits per heavy atom. The largest absolute Gasteiger partial charge is 0.449 e. The summed E-state index contributed by atoms with van der Waals surface area (Å²) in [6.45, 7) is 2.06. The maximum absolute atomic E-state index is 12.3. The Morgan fingerprint density at radius 1 is 1.07 bits per heavy atom. The monoisotopic (exact) mass is 398 g/mol. The van der Waals surface area contributed by atoms with Gasteiger partial charge < -0.3 is 10.1 Å². The number of carbonyl (C=O) groups is 4. The quantitative estimate of drug-likeness (QED) is 0.433. The molecule has 1 fully saturated rings. The molecule has 154 valence electrons. The highest BCUT2D eigenvalue weighted by molar-refractivity contribution is 6.19. The van der Waals surface area contributed by atoms with Crippen molar-refractivity contribution in [2.24, 2.45) is 0 Å². The van der Waals surface area contributed by atoms with Crippen molar-refractivity contribution in [3.63, 3.8) is 0 Å². The van der Waals surface area contributed by atoms with Crippen molar-refractivity contribution in [1.82, 2.24) is 5.32 Å². The number of allylic oxidation sites excluding steroid dienone is 1. The van der Waals surface area contributed by atoms with Crippen LogP contribution >= 0.6 is 0 Å². The van der Waals surface area contributed by atoms with Gasteiger partial charge >= 0.3 is 5.97 Å². The summed E-state index contributed by atoms with van der Waals surface area (Å²) >= 11 is 0. The summed E-state index contributed by atoms with van der Waals surface area (Å²) in [5.74, 6) is -1.47. The third kappa shape index (κ3) is 5.31. The van der Waals surface area contributed by atoms with Gasteiger partial charge in [0.25, 0.3) is 5.91 Å². The molecule has 2 aliphatic rings. The summed E-state index contributed by atoms with van der Waals surface area (Å²) in [4.78, 5) is 49.1. The second-order valence-electron chi connectivity index (χ2n) is 7.37. The van der Waals surface area contributed by atoms with E-state index in [1.165, 1.54) is 49.6 Å². The van der Waals surface area contributed by atoms with Crippen LogP contribution in [0.4, 0.5) is 5.69 Å². The van der Waals surface area contributed by atoms with Gasteiger partial charge in [0.05, 0.1) is 11.3 Å². The number of esters is 1. The van der Waals surface area contributed by atoms with E-state index in [0.717, 1.165) is 24.2 Å². The molecular formula is C22H26N2O5. The number of nitrogens with zero attached hydrogens (tertiary/aromatic N) is 1. The molecule has 3 amide bonds. The molecule has 7 heteroatoms. The van der Waals surface area contributed by atoms with E-state index in [2.05, 4.69) is 11.4 Å². The second kappa shape index (κ2) is 9.49. The Bertz CT molecular complexity index is 812. The standard InChI is InChI=1S/C22H26N2O5/c1-15(21(27)23-14-13-16-5-3-2-4-6-16)29-22(28)17-7-9-18(10-8-17)24-19(25)11-12-20(24)26/h5,7-10,15H,2-4,6,11-14H2,1H3,(H,23,27)/t15-/m1/s1. The van der Waals surface area contributed by atoms with Gasteiger partial charge in [0.1, 0.15) is 0 Å². The normalized spacial score (nSPS) is 17.7. The third-order valence-corrected chi connectivity index (χ3v) is 5.20. The van der Waals surface area contributed by atoms with Crippen LogP contribution < -0.4 is 10.2 Å². The van der Waals surface area contributed by atoms with Gasteiger partial charge in [-0.25, -0.2) is 4.79 Å². The van der Waals surface area contributed by atoms with E-state index in [0.29, 0.717) is 12.2 Å². The zero-order valence-corrected chi connectivity index (χ0v) is 16.6. The minimum Gasteiger partial charge on any atom is -0.449 e. The predicted octanol–water partition coefficient (Wildman–Crippen LogP) is 2.89. The van der Waals surface area contributed by atoms with E-state index >= 15 is 0 Å². The molecule has 1 aromatic rings. The zero-order chi connectivity index (χ0) is 20.8. The van der Waals surface area contributed by atoms with Crippen molar-refractivity contribution in [1.29, 1.82) is 0 Å². The van der Waals surface area contributed by atoms with E-state index in [9.17, 15) is 19.2 Å². The van der Waals surface area contributed by atoms with Crippen LogP contribution in [0, 0.1) is 0 Å². The molecule has 1 atom stereocenters. The number of ether oxygens (including phenoxy) is 1. The van der Waals surface area contributed by atoms with E-state index in [1.54, 1.807) is 0 Å². The van der Waals surface area contributed by atoms with Crippen LogP contribution in [0.3, 0.4) is 0 Å². The smallest absolute Gasteiger partial charge is 0.338 e. The number of rotatable bonds is 7. The lowest BCUT2D eigenvalue weighted by atomic mass is 9.97. The molecule has 7 nitrogen and oxygen atoms in total. The molecule has 1 aliphatic heterocycles. The van der Waals surface area contributed by atoms with Crippen molar-refractivity contribution in [3.8, 4) is 0 Å². The predicted molar refractivity (Wildman–Crippen MR) is 107 cm³/mol. The molecule has 0 bridgehead atoms. The Morgan fingerprint density at radius 2 is 1.76 bits per heavy atom. The fourth-order valence-electron chi connectivity index (χ4n) is 3.51. The maximum Gasteiger partial charge on any atom is 0.338 e. The highest BCUT2D eigenvalue weighted by atomic mass is 16.5. The molecule has 1 aliphatic carbocycles. The first-order valence-electron chi connectivity index (χ1n) is 10.1. The van der Waals surface area contributed by atoms with E-state index in [-0.39, 0.29) is 36.1 Å². The number of benzene rings is 1. The van der Waals surface area contributed by atoms with E-state index < -0.39 is 12.1 Å². The Hall–Kier alpha value is -2.96. The molecule has 0 saturated carbocycles. The molecule has 1 aromatic carbocycles. The van der Waals surface area contributed by atoms with Gasteiger partial charge in [-0.15, -0.1) is 0 Å². The highest BCUT2D eigenvalue weighted by Crippen LogP contribution is 2.23. The van der Waals surface area contributed by atoms with Crippen LogP contribution in [0.15, 0.2) is 35.9 Å². The first kappa shape index (κ1) is 20.8. The van der Waals surface area contributed by atoms with Crippen molar-refractivity contribution in [2.45, 2.75) is 58.0 Å². The van der Waals surface area contributed by atoms with Gasteiger partial charge in [0.2, 0.25) is 11.8 Å². The van der Waals surface area contributed by atoms with Gasteiger partial charge in [0.15, 0.2) is 6.10 Å². The summed E-state index contributed by atoms with van der Waals surface area (Å²) < 4.78 is 5.24. The number of imide groups is 1. The molecule has 29 heavy (non-hydrogen) atoms. The minimum absolute atomic E-state index is 0.201. The van der Waals surface area contributed by atoms with Crippen LogP contribution in [0.25, 0.3) is 0 Å². The topological polar surface area (TPSA) is 92.8 Å². The number of nitrogens with one attached hydrogen (secondary N) is 1. The molecular weight excluding hydrogens is 372 g/mol. The lowest BCUT2D eigenvalue weighted by Gasteiger charge is -2.16. The lowest BCUT2D eigenvalue weighted by molar-refractivity contribution is -0.129. The van der Waals surface area contributed by atoms with Gasteiger partial charge in [-0.05, 0) is 63.3 Å². The van der Waals surface area contributed by atoms with Gasteiger partial charge in [-0.3, -0.25) is 19.3 Å². The summed E-state index contributed by atoms with van der Waals surface area (Å²) in [5, 5.41) is 2.80. The van der Waals surface area contributed by atoms with Crippen molar-refractivity contribution >= 4 is 29.4 Å². The molecule has 0 unspecified atom stereocenters. The molecule has 1 N–H and O–H groups in total. The SMILES string of the molecule is C[C@@H](OC(=O)c1ccc(N2C(=O)CCC2=O)cc1)C(=O)NCCC1=CCCCC1. The lowest BCUT2D eigenvalue weighted by Crippen LogP contribution is -2.36. The number of hydrogen-bond acceptors (Lipinski definition) is 5. The number of carbonyl (C=O) groups excluding carboxylic acids is 4. The molecule has 1 saturated heterocycles. The Labute approximate surface area is 170 Å². The molecule has 1 heterocycles. The minimum atomic E-state index is -0.913. The maximum atomic E-state index is 12.3. The summed E-state index contributed by atoms with van der Waals surface area (Å²) in [6.07, 6.45) is 7.18. The van der Waals surface area contributed by atoms with E-state index in [4.69, 9.17) is 4.74 Å². The average Bonchev–Trinajstić information content (AvgIpc) is 3.06. The number of hydrogen-bond donors (Lipinski definition) is 1. The fourth-order valence-corrected chi connectivity index (χ4v) is 3.51. The Balaban J connectivity index is 1.48. The molecule has 0 spiro atoms. The van der Waals surface area contributed by atoms with Crippen molar-refractivity contribution < 1.29 is 23.9 Å². The van der Waals surface area contributed by atoms with E-state index in [1.807, 2.05) is 0 Å². The van der Waals surface area contributed by atoms with Crippen LogP contribution in [-0.2, 0) is 19.1 Å². The summed E-state index contributed by atoms with van der Waals surface area (Å²) in [6, 6.07) is 6.02. The number of amides is 3. The molecule has 0 radical (unpaired) electrons. The van der Waals surface area contributed by atoms with Crippen LogP contribution in [0.1, 0.15) is 62.2 Å². The van der Waals surface area contributed by atoms with Gasteiger partial charge in [0, 0.05) is 19.4 Å². The zero-order valence-electron chi connectivity index (χ0n) is 16.6. The third-order valence-electron chi connectivity index (χ3n) is 5.20. The second-order valence-corrected chi connectivity index (χ2v) is 7.37. The van der Waals surface area contributed by atoms with Gasteiger partial charge in [-0.1, -0.05) is 11.6 Å². The molecule has 3 rings (SSSR count). The van der Waals surface area contributed by atoms with Crippen molar-refractivity contribution in [3.05, 3.63) is 41.5 Å². The van der Waals surface area contributed by atoms with Crippen molar-refractivity contribution in [2.75, 3.05) is 11.4 Å². The van der Waals surface area contributed by atoms with Gasteiger partial charge in [-0.2, -0.15) is 0 Å². The van der Waals surface area contributed by atoms with Crippen LogP contribution in [-0.4, -0.2) is 36.3 Å². The number of anilines is 1. The fraction of sp³-hybridized carbons (Fsp3) is 0.455. The van der Waals surface area contributed by atoms with Crippen LogP contribution in [0.2, 0.25) is 0 Å². The highest BCUT2D eigenvalue weighted by Gasteiger charge is 2.30. The van der Waals surface area contributed by atoms with Crippen LogP contribution in [0.5, 0.6) is 0 Å². The first-order chi connectivity index (χ1) is 14.0.